The molecule has 2 heterocycles. The van der Waals surface area contributed by atoms with Gasteiger partial charge in [0.25, 0.3) is 0 Å². The number of rotatable bonds is 7. The number of ether oxygens (including phenoxy) is 1. The second-order valence-corrected chi connectivity index (χ2v) is 12.2. The predicted octanol–water partition coefficient (Wildman–Crippen LogP) is 1.59. The number of nitrogens with zero attached hydrogens (tertiary/aromatic N) is 1. The molecule has 0 radical (unpaired) electrons. The van der Waals surface area contributed by atoms with Crippen LogP contribution >= 0.6 is 11.8 Å². The predicted molar refractivity (Wildman–Crippen MR) is 120 cm³/mol. The monoisotopic (exact) mass is 446 g/mol. The zero-order valence-corrected chi connectivity index (χ0v) is 20.4. The molecule has 2 saturated heterocycles. The first-order valence-corrected chi connectivity index (χ1v) is 12.1. The van der Waals surface area contributed by atoms with Crippen molar-refractivity contribution in [3.63, 3.8) is 0 Å². The van der Waals surface area contributed by atoms with E-state index >= 15 is 0 Å². The van der Waals surface area contributed by atoms with Gasteiger partial charge in [0.2, 0.25) is 5.91 Å². The third kappa shape index (κ3) is 6.33. The Bertz CT molecular complexity index is 570. The lowest BCUT2D eigenvalue weighted by atomic mass is 9.88. The molecule has 30 heavy (non-hydrogen) atoms. The molecule has 176 valence electrons. The molecular formula is C22H42N2O5S. The molecule has 0 saturated carbocycles. The van der Waals surface area contributed by atoms with E-state index in [0.717, 1.165) is 25.8 Å². The average Bonchev–Trinajstić information content (AvgIpc) is 3.00. The van der Waals surface area contributed by atoms with E-state index in [1.165, 1.54) is 11.8 Å². The fraction of sp³-hybridized carbons (Fsp3) is 0.955. The number of thioether (sulfide) groups is 1. The van der Waals surface area contributed by atoms with Crippen molar-refractivity contribution in [2.45, 2.75) is 107 Å². The number of nitrogens with one attached hydrogen (secondary N) is 1. The van der Waals surface area contributed by atoms with Crippen LogP contribution in [0, 0.1) is 11.8 Å². The summed E-state index contributed by atoms with van der Waals surface area (Å²) in [4.78, 5) is 15.2. The van der Waals surface area contributed by atoms with Crippen molar-refractivity contribution in [1.29, 1.82) is 0 Å². The highest BCUT2D eigenvalue weighted by atomic mass is 32.2. The van der Waals surface area contributed by atoms with Crippen molar-refractivity contribution in [2.75, 3.05) is 13.6 Å². The molecule has 8 heteroatoms. The summed E-state index contributed by atoms with van der Waals surface area (Å²) in [6.07, 6.45) is -1.55. The van der Waals surface area contributed by atoms with E-state index in [9.17, 15) is 20.1 Å². The molecule has 3 unspecified atom stereocenters. The molecule has 0 aromatic heterocycles. The minimum atomic E-state index is -1.33. The molecule has 0 aliphatic carbocycles. The average molecular weight is 447 g/mol. The minimum Gasteiger partial charge on any atom is -0.388 e. The molecule has 2 rings (SSSR count). The number of hydrogen-bond acceptors (Lipinski definition) is 7. The lowest BCUT2D eigenvalue weighted by molar-refractivity contribution is -0.208. The summed E-state index contributed by atoms with van der Waals surface area (Å²) >= 11 is 1.41. The van der Waals surface area contributed by atoms with Crippen molar-refractivity contribution in [1.82, 2.24) is 10.2 Å². The Morgan fingerprint density at radius 2 is 1.83 bits per heavy atom. The van der Waals surface area contributed by atoms with Crippen molar-refractivity contribution in [2.24, 2.45) is 11.8 Å². The highest BCUT2D eigenvalue weighted by Gasteiger charge is 2.49. The third-order valence-electron chi connectivity index (χ3n) is 6.09. The van der Waals surface area contributed by atoms with Crippen molar-refractivity contribution in [3.8, 4) is 0 Å². The van der Waals surface area contributed by atoms with Crippen LogP contribution in [0.25, 0.3) is 0 Å². The van der Waals surface area contributed by atoms with Crippen molar-refractivity contribution in [3.05, 3.63) is 0 Å². The van der Waals surface area contributed by atoms with Crippen LogP contribution in [0.1, 0.15) is 60.8 Å². The molecule has 0 spiro atoms. The molecule has 4 N–H and O–H groups in total. The fourth-order valence-electron chi connectivity index (χ4n) is 4.53. The summed E-state index contributed by atoms with van der Waals surface area (Å²) < 4.78 is 5.91. The number of likely N-dealkylation sites (N-methyl/N-ethyl adjacent to an activating group) is 1. The number of hydrogen-bond donors (Lipinski definition) is 4. The van der Waals surface area contributed by atoms with Gasteiger partial charge in [-0.1, -0.05) is 48.0 Å². The van der Waals surface area contributed by atoms with Gasteiger partial charge in [-0.3, -0.25) is 9.69 Å². The van der Waals surface area contributed by atoms with Crippen molar-refractivity contribution < 1.29 is 24.9 Å². The summed E-state index contributed by atoms with van der Waals surface area (Å²) in [5.41, 5.74) is -0.686. The molecule has 2 aliphatic heterocycles. The highest BCUT2D eigenvalue weighted by molar-refractivity contribution is 8.01. The van der Waals surface area contributed by atoms with Gasteiger partial charge in [-0.25, -0.2) is 0 Å². The van der Waals surface area contributed by atoms with E-state index in [1.807, 2.05) is 41.7 Å². The lowest BCUT2D eigenvalue weighted by Crippen LogP contribution is -2.64. The fourth-order valence-corrected chi connectivity index (χ4v) is 5.72. The van der Waals surface area contributed by atoms with Crippen molar-refractivity contribution >= 4 is 17.7 Å². The number of carbonyl (C=O) groups excluding carboxylic acids is 1. The third-order valence-corrected chi connectivity index (χ3v) is 7.42. The maximum Gasteiger partial charge on any atom is 0.237 e. The Morgan fingerprint density at radius 3 is 2.37 bits per heavy atom. The van der Waals surface area contributed by atoms with Crippen LogP contribution in [-0.4, -0.2) is 86.4 Å². The van der Waals surface area contributed by atoms with Gasteiger partial charge in [0, 0.05) is 11.3 Å². The van der Waals surface area contributed by atoms with Crippen LogP contribution in [0.15, 0.2) is 0 Å². The first-order valence-electron chi connectivity index (χ1n) is 11.2. The van der Waals surface area contributed by atoms with Gasteiger partial charge in [0.1, 0.15) is 29.9 Å². The van der Waals surface area contributed by atoms with E-state index in [-0.39, 0.29) is 22.6 Å². The topological polar surface area (TPSA) is 102 Å². The largest absolute Gasteiger partial charge is 0.388 e. The minimum absolute atomic E-state index is 0.0190. The Labute approximate surface area is 185 Å². The Kier molecular flexibility index (Phi) is 9.05. The van der Waals surface area contributed by atoms with Crippen LogP contribution in [0.4, 0.5) is 0 Å². The second-order valence-electron chi connectivity index (χ2n) is 10.3. The number of carbonyl (C=O) groups is 1. The number of aliphatic hydroxyl groups excluding tert-OH is 3. The Morgan fingerprint density at radius 1 is 1.20 bits per heavy atom. The van der Waals surface area contributed by atoms with Crippen LogP contribution in [0.3, 0.4) is 0 Å². The summed E-state index contributed by atoms with van der Waals surface area (Å²) in [5.74, 6) is 0.440. The van der Waals surface area contributed by atoms with Crippen LogP contribution in [0.5, 0.6) is 0 Å². The molecule has 0 bridgehead atoms. The lowest BCUT2D eigenvalue weighted by Gasteiger charge is -2.46. The normalized spacial score (nSPS) is 36.8. The zero-order valence-electron chi connectivity index (χ0n) is 19.5. The highest BCUT2D eigenvalue weighted by Crippen LogP contribution is 2.37. The SMILES string of the molecule is CCCC1CC(C(=O)NC(C(C)C)[C@H]2O[C@H](SC(C)(C)C)[C@H](O)[C@@H](O)[C@H]2O)N(C)C1. The quantitative estimate of drug-likeness (QED) is 0.471. The van der Waals surface area contributed by atoms with E-state index < -0.39 is 35.9 Å². The number of likely N-dealkylation sites (tertiary alicyclic amines) is 1. The van der Waals surface area contributed by atoms with Crippen LogP contribution < -0.4 is 5.32 Å². The molecule has 8 atom stereocenters. The molecule has 0 aromatic rings. The van der Waals surface area contributed by atoms with Gasteiger partial charge in [-0.05, 0) is 31.7 Å². The zero-order chi connectivity index (χ0) is 22.8. The summed E-state index contributed by atoms with van der Waals surface area (Å²) in [6.45, 7) is 13.0. The van der Waals surface area contributed by atoms with E-state index in [2.05, 4.69) is 17.1 Å². The molecule has 2 aliphatic rings. The first-order chi connectivity index (χ1) is 13.9. The maximum atomic E-state index is 13.1. The number of amides is 1. The van der Waals surface area contributed by atoms with E-state index in [4.69, 9.17) is 4.74 Å². The van der Waals surface area contributed by atoms with Gasteiger partial charge in [0.05, 0.1) is 12.1 Å². The van der Waals surface area contributed by atoms with Crippen LogP contribution in [-0.2, 0) is 9.53 Å². The van der Waals surface area contributed by atoms with Gasteiger partial charge in [-0.2, -0.15) is 0 Å². The number of aliphatic hydroxyl groups is 3. The van der Waals surface area contributed by atoms with Gasteiger partial charge < -0.3 is 25.4 Å². The Hall–Kier alpha value is -0.380. The summed E-state index contributed by atoms with van der Waals surface area (Å²) in [5, 5.41) is 34.7. The van der Waals surface area contributed by atoms with E-state index in [0.29, 0.717) is 5.92 Å². The van der Waals surface area contributed by atoms with Gasteiger partial charge in [-0.15, -0.1) is 11.8 Å². The standard InChI is InChI=1S/C22H42N2O5S/c1-8-9-13-10-14(24(7)11-13)20(28)23-15(12(2)3)19-17(26)16(25)18(27)21(29-19)30-22(4,5)6/h12-19,21,25-27H,8-11H2,1-7H3,(H,23,28)/t13?,14?,15?,16-,17+,18+,19+,21+/m0/s1. The van der Waals surface area contributed by atoms with Gasteiger partial charge in [0.15, 0.2) is 0 Å². The molecule has 2 fully saturated rings. The summed E-state index contributed by atoms with van der Waals surface area (Å²) in [6, 6.07) is -0.671. The Balaban J connectivity index is 2.14. The second kappa shape index (κ2) is 10.5. The smallest absolute Gasteiger partial charge is 0.237 e. The van der Waals surface area contributed by atoms with E-state index in [1.54, 1.807) is 0 Å². The first kappa shape index (κ1) is 25.9. The molecular weight excluding hydrogens is 404 g/mol. The van der Waals surface area contributed by atoms with Gasteiger partial charge >= 0.3 is 0 Å². The molecule has 0 aromatic carbocycles. The molecule has 7 nitrogen and oxygen atoms in total. The summed E-state index contributed by atoms with van der Waals surface area (Å²) in [7, 11) is 1.98. The maximum absolute atomic E-state index is 13.1. The van der Waals surface area contributed by atoms with Crippen LogP contribution in [0.2, 0.25) is 0 Å². The molecule has 1 amide bonds.